The summed E-state index contributed by atoms with van der Waals surface area (Å²) >= 11 is 0. The van der Waals surface area contributed by atoms with Gasteiger partial charge in [0.25, 0.3) is 7.82 Å². The summed E-state index contributed by atoms with van der Waals surface area (Å²) in [6, 6.07) is 0. The Balaban J connectivity index is 3.77. The maximum atomic E-state index is 10.7. The first-order chi connectivity index (χ1) is 6.05. The minimum Gasteiger partial charge on any atom is -0.756 e. The Morgan fingerprint density at radius 1 is 1.31 bits per heavy atom. The molecule has 0 aliphatic rings. The van der Waals surface area contributed by atoms with Gasteiger partial charge in [-0.15, -0.1) is 0 Å². The lowest BCUT2D eigenvalue weighted by molar-refractivity contribution is -0.225. The molecule has 0 radical (unpaired) electrons. The first-order valence-corrected chi connectivity index (χ1v) is 5.05. The molecule has 0 N–H and O–H groups in total. The Morgan fingerprint density at radius 3 is 2.31 bits per heavy atom. The Labute approximate surface area is 77.4 Å². The van der Waals surface area contributed by atoms with Crippen LogP contribution in [0, 0.1) is 0 Å². The van der Waals surface area contributed by atoms with Crippen molar-refractivity contribution in [2.45, 2.75) is 6.10 Å². The van der Waals surface area contributed by atoms with E-state index in [4.69, 9.17) is 9.47 Å². The zero-order chi connectivity index (χ0) is 10.3. The molecular formula is C6H14O6P-. The van der Waals surface area contributed by atoms with Crippen LogP contribution in [0.2, 0.25) is 0 Å². The van der Waals surface area contributed by atoms with E-state index in [2.05, 4.69) is 9.05 Å². The molecule has 0 bridgehead atoms. The first-order valence-electron chi connectivity index (χ1n) is 3.58. The fraction of sp³-hybridized carbons (Fsp3) is 1.00. The number of hydrogen-bond acceptors (Lipinski definition) is 6. The summed E-state index contributed by atoms with van der Waals surface area (Å²) in [7, 11) is -0.191. The molecule has 0 saturated carbocycles. The molecule has 13 heavy (non-hydrogen) atoms. The Bertz CT molecular complexity index is 173. The highest BCUT2D eigenvalue weighted by molar-refractivity contribution is 7.45. The van der Waals surface area contributed by atoms with Crippen molar-refractivity contribution >= 4 is 7.82 Å². The van der Waals surface area contributed by atoms with Crippen LogP contribution in [-0.2, 0) is 23.1 Å². The van der Waals surface area contributed by atoms with E-state index in [1.54, 1.807) is 0 Å². The van der Waals surface area contributed by atoms with E-state index in [9.17, 15) is 9.46 Å². The fourth-order valence-electron chi connectivity index (χ4n) is 0.597. The largest absolute Gasteiger partial charge is 0.756 e. The quantitative estimate of drug-likeness (QED) is 0.544. The smallest absolute Gasteiger partial charge is 0.267 e. The van der Waals surface area contributed by atoms with Crippen LogP contribution in [0.1, 0.15) is 0 Å². The van der Waals surface area contributed by atoms with Crippen LogP contribution < -0.4 is 4.89 Å². The second-order valence-electron chi connectivity index (χ2n) is 2.24. The molecule has 2 atom stereocenters. The maximum absolute atomic E-state index is 10.7. The molecule has 0 amide bonds. The number of phosphoric ester groups is 1. The van der Waals surface area contributed by atoms with Crippen LogP contribution in [0.15, 0.2) is 0 Å². The third kappa shape index (κ3) is 6.15. The van der Waals surface area contributed by atoms with Crippen molar-refractivity contribution in [3.8, 4) is 0 Å². The molecule has 0 aromatic carbocycles. The van der Waals surface area contributed by atoms with Crippen LogP contribution in [-0.4, -0.2) is 40.6 Å². The van der Waals surface area contributed by atoms with E-state index in [1.807, 2.05) is 0 Å². The van der Waals surface area contributed by atoms with Crippen LogP contribution in [0.5, 0.6) is 0 Å². The first kappa shape index (κ1) is 13.0. The molecule has 0 aliphatic carbocycles. The molecular weight excluding hydrogens is 199 g/mol. The molecule has 0 fully saturated rings. The normalized spacial score (nSPS) is 18.2. The Hall–Kier alpha value is 0.0300. The van der Waals surface area contributed by atoms with E-state index in [0.29, 0.717) is 0 Å². The van der Waals surface area contributed by atoms with Gasteiger partial charge in [-0.1, -0.05) is 0 Å². The van der Waals surface area contributed by atoms with Gasteiger partial charge in [0.15, 0.2) is 0 Å². The van der Waals surface area contributed by atoms with Crippen molar-refractivity contribution in [3.63, 3.8) is 0 Å². The van der Waals surface area contributed by atoms with Gasteiger partial charge in [-0.2, -0.15) is 0 Å². The van der Waals surface area contributed by atoms with Crippen LogP contribution in [0.3, 0.4) is 0 Å². The Kier molecular flexibility index (Phi) is 6.49. The highest BCUT2D eigenvalue weighted by atomic mass is 31.2. The highest BCUT2D eigenvalue weighted by Gasteiger charge is 2.12. The van der Waals surface area contributed by atoms with Gasteiger partial charge in [0.05, 0.1) is 13.2 Å². The van der Waals surface area contributed by atoms with E-state index in [1.165, 1.54) is 14.2 Å². The van der Waals surface area contributed by atoms with E-state index in [-0.39, 0.29) is 13.2 Å². The summed E-state index contributed by atoms with van der Waals surface area (Å²) < 4.78 is 28.9. The third-order valence-electron chi connectivity index (χ3n) is 1.33. The van der Waals surface area contributed by atoms with E-state index >= 15 is 0 Å². The monoisotopic (exact) mass is 213 g/mol. The molecule has 6 nitrogen and oxygen atoms in total. The summed E-state index contributed by atoms with van der Waals surface area (Å²) in [5.41, 5.74) is 0. The molecule has 2 unspecified atom stereocenters. The summed E-state index contributed by atoms with van der Waals surface area (Å²) in [5, 5.41) is 0. The summed E-state index contributed by atoms with van der Waals surface area (Å²) in [6.07, 6.45) is -0.414. The molecule has 0 aromatic rings. The number of ether oxygens (including phenoxy) is 2. The minimum absolute atomic E-state index is 0.112. The van der Waals surface area contributed by atoms with E-state index < -0.39 is 13.9 Å². The number of rotatable bonds is 7. The van der Waals surface area contributed by atoms with Gasteiger partial charge >= 0.3 is 0 Å². The van der Waals surface area contributed by atoms with Crippen molar-refractivity contribution < 1.29 is 28.0 Å². The number of hydrogen-bond donors (Lipinski definition) is 0. The Morgan fingerprint density at radius 2 is 1.92 bits per heavy atom. The second kappa shape index (κ2) is 6.48. The molecule has 0 heterocycles. The van der Waals surface area contributed by atoms with Gasteiger partial charge in [0.1, 0.15) is 6.10 Å². The van der Waals surface area contributed by atoms with Crippen LogP contribution in [0.4, 0.5) is 0 Å². The van der Waals surface area contributed by atoms with E-state index in [0.717, 1.165) is 7.11 Å². The third-order valence-corrected chi connectivity index (χ3v) is 2.24. The van der Waals surface area contributed by atoms with Gasteiger partial charge in [0.2, 0.25) is 0 Å². The maximum Gasteiger partial charge on any atom is 0.267 e. The van der Waals surface area contributed by atoms with Crippen molar-refractivity contribution in [3.05, 3.63) is 0 Å². The van der Waals surface area contributed by atoms with Crippen molar-refractivity contribution in [2.75, 3.05) is 34.5 Å². The zero-order valence-corrected chi connectivity index (χ0v) is 8.78. The number of methoxy groups -OCH3 is 2. The summed E-state index contributed by atoms with van der Waals surface area (Å²) in [4.78, 5) is 10.7. The zero-order valence-electron chi connectivity index (χ0n) is 7.89. The minimum atomic E-state index is -4.15. The van der Waals surface area contributed by atoms with Gasteiger partial charge in [-0.25, -0.2) is 0 Å². The lowest BCUT2D eigenvalue weighted by Gasteiger charge is -2.23. The predicted molar refractivity (Wildman–Crippen MR) is 43.2 cm³/mol. The van der Waals surface area contributed by atoms with Gasteiger partial charge in [-0.3, -0.25) is 4.57 Å². The molecule has 0 aliphatic heterocycles. The summed E-state index contributed by atoms with van der Waals surface area (Å²) in [6.45, 7) is 0.152. The van der Waals surface area contributed by atoms with Gasteiger partial charge in [0, 0.05) is 21.3 Å². The van der Waals surface area contributed by atoms with Crippen molar-refractivity contribution in [1.82, 2.24) is 0 Å². The SMILES string of the molecule is COCC(COP(=O)([O-])OC)OC. The summed E-state index contributed by atoms with van der Waals surface area (Å²) in [5.74, 6) is 0. The molecule has 7 heteroatoms. The van der Waals surface area contributed by atoms with Crippen LogP contribution in [0.25, 0.3) is 0 Å². The van der Waals surface area contributed by atoms with Gasteiger partial charge < -0.3 is 23.4 Å². The second-order valence-corrected chi connectivity index (χ2v) is 3.76. The van der Waals surface area contributed by atoms with Gasteiger partial charge in [-0.05, 0) is 0 Å². The number of phosphoric acid groups is 1. The molecule has 80 valence electrons. The topological polar surface area (TPSA) is 77.1 Å². The fourth-order valence-corrected chi connectivity index (χ4v) is 1.05. The standard InChI is InChI=1S/C6H15O6P/c1-9-4-6(10-2)5-12-13(7,8)11-3/h6H,4-5H2,1-3H3,(H,7,8)/p-1. The molecule has 0 rings (SSSR count). The van der Waals surface area contributed by atoms with Crippen LogP contribution >= 0.6 is 7.82 Å². The molecule has 0 aromatic heterocycles. The van der Waals surface area contributed by atoms with Crippen molar-refractivity contribution in [2.24, 2.45) is 0 Å². The lowest BCUT2D eigenvalue weighted by Crippen LogP contribution is -2.24. The average molecular weight is 213 g/mol. The highest BCUT2D eigenvalue weighted by Crippen LogP contribution is 2.36. The molecule has 0 saturated heterocycles. The van der Waals surface area contributed by atoms with Crippen molar-refractivity contribution in [1.29, 1.82) is 0 Å². The lowest BCUT2D eigenvalue weighted by atomic mass is 10.4. The average Bonchev–Trinajstić information content (AvgIpc) is 2.12. The molecule has 0 spiro atoms. The predicted octanol–water partition coefficient (Wildman–Crippen LogP) is -0.221.